The molecule has 11 heteroatoms. The van der Waals surface area contributed by atoms with Gasteiger partial charge in [-0.3, -0.25) is 14.5 Å². The Morgan fingerprint density at radius 3 is 2.61 bits per heavy atom. The molecule has 1 atom stereocenters. The molecule has 2 aromatic carbocycles. The van der Waals surface area contributed by atoms with Crippen molar-refractivity contribution in [3.05, 3.63) is 58.1 Å². The molecule has 0 aromatic heterocycles. The van der Waals surface area contributed by atoms with Crippen LogP contribution in [0.3, 0.4) is 0 Å². The molecule has 1 heterocycles. The SMILES string of the molecule is CCN1C(=O)C(CC(=O)Nc2cc(C(F)(F)F)ccc2Cl)SC1=Nc1cccc(Cl)c1. The average Bonchev–Trinajstić information content (AvgIpc) is 2.96. The number of benzene rings is 2. The van der Waals surface area contributed by atoms with Crippen molar-refractivity contribution in [1.82, 2.24) is 4.90 Å². The molecule has 0 aliphatic carbocycles. The number of rotatable bonds is 5. The third-order valence-corrected chi connectivity index (χ3v) is 6.05. The fourth-order valence-corrected chi connectivity index (χ4v) is 4.41. The van der Waals surface area contributed by atoms with Crippen molar-refractivity contribution in [2.45, 2.75) is 24.8 Å². The van der Waals surface area contributed by atoms with Gasteiger partial charge in [-0.1, -0.05) is 41.0 Å². The number of nitrogens with zero attached hydrogens (tertiary/aromatic N) is 2. The maximum absolute atomic E-state index is 12.9. The maximum Gasteiger partial charge on any atom is 0.416 e. The Balaban J connectivity index is 1.74. The third-order valence-electron chi connectivity index (χ3n) is 4.31. The predicted molar refractivity (Wildman–Crippen MR) is 117 cm³/mol. The van der Waals surface area contributed by atoms with E-state index in [1.807, 2.05) is 0 Å². The van der Waals surface area contributed by atoms with E-state index >= 15 is 0 Å². The average molecular weight is 490 g/mol. The van der Waals surface area contributed by atoms with Gasteiger partial charge in [0.15, 0.2) is 5.17 Å². The summed E-state index contributed by atoms with van der Waals surface area (Å²) in [5.41, 5.74) is -0.550. The first-order chi connectivity index (χ1) is 14.6. The summed E-state index contributed by atoms with van der Waals surface area (Å²) >= 11 is 13.0. The minimum atomic E-state index is -4.57. The predicted octanol–water partition coefficient (Wildman–Crippen LogP) is 5.99. The lowest BCUT2D eigenvalue weighted by Gasteiger charge is -2.14. The number of hydrogen-bond acceptors (Lipinski definition) is 4. The summed E-state index contributed by atoms with van der Waals surface area (Å²) in [7, 11) is 0. The van der Waals surface area contributed by atoms with Crippen LogP contribution in [0.1, 0.15) is 18.9 Å². The quantitative estimate of drug-likeness (QED) is 0.560. The van der Waals surface area contributed by atoms with Crippen molar-refractivity contribution in [1.29, 1.82) is 0 Å². The number of amides is 2. The molecule has 1 aliphatic heterocycles. The minimum Gasteiger partial charge on any atom is -0.325 e. The topological polar surface area (TPSA) is 61.8 Å². The van der Waals surface area contributed by atoms with E-state index in [0.29, 0.717) is 22.4 Å². The number of hydrogen-bond donors (Lipinski definition) is 1. The second kappa shape index (κ2) is 9.50. The van der Waals surface area contributed by atoms with Gasteiger partial charge in [-0.2, -0.15) is 13.2 Å². The Morgan fingerprint density at radius 1 is 1.23 bits per heavy atom. The van der Waals surface area contributed by atoms with Crippen molar-refractivity contribution < 1.29 is 22.8 Å². The highest BCUT2D eigenvalue weighted by Crippen LogP contribution is 2.35. The van der Waals surface area contributed by atoms with Gasteiger partial charge in [0.1, 0.15) is 5.25 Å². The molecule has 0 radical (unpaired) electrons. The van der Waals surface area contributed by atoms with E-state index in [4.69, 9.17) is 23.2 Å². The fourth-order valence-electron chi connectivity index (χ4n) is 2.84. The van der Waals surface area contributed by atoms with E-state index in [9.17, 15) is 22.8 Å². The van der Waals surface area contributed by atoms with Crippen LogP contribution >= 0.6 is 35.0 Å². The molecule has 2 amide bonds. The van der Waals surface area contributed by atoms with Crippen LogP contribution in [0.5, 0.6) is 0 Å². The summed E-state index contributed by atoms with van der Waals surface area (Å²) in [5, 5.41) is 2.48. The highest BCUT2D eigenvalue weighted by atomic mass is 35.5. The van der Waals surface area contributed by atoms with Gasteiger partial charge in [-0.15, -0.1) is 0 Å². The number of alkyl halides is 3. The summed E-state index contributed by atoms with van der Waals surface area (Å²) in [6, 6.07) is 9.44. The minimum absolute atomic E-state index is 0.0369. The van der Waals surface area contributed by atoms with Gasteiger partial charge in [-0.25, -0.2) is 4.99 Å². The Labute approximate surface area is 190 Å². The van der Waals surface area contributed by atoms with Crippen molar-refractivity contribution in [2.24, 2.45) is 4.99 Å². The van der Waals surface area contributed by atoms with Crippen LogP contribution in [0.2, 0.25) is 10.0 Å². The van der Waals surface area contributed by atoms with Crippen molar-refractivity contribution in [2.75, 3.05) is 11.9 Å². The molecule has 3 rings (SSSR count). The molecule has 164 valence electrons. The van der Waals surface area contributed by atoms with E-state index < -0.39 is 22.9 Å². The van der Waals surface area contributed by atoms with Crippen LogP contribution in [-0.4, -0.2) is 33.7 Å². The van der Waals surface area contributed by atoms with Crippen molar-refractivity contribution >= 4 is 63.3 Å². The fraction of sp³-hybridized carbons (Fsp3) is 0.250. The molecule has 1 unspecified atom stereocenters. The zero-order valence-corrected chi connectivity index (χ0v) is 18.4. The van der Waals surface area contributed by atoms with E-state index in [1.54, 1.807) is 31.2 Å². The zero-order valence-electron chi connectivity index (χ0n) is 16.0. The van der Waals surface area contributed by atoms with Crippen LogP contribution in [0.25, 0.3) is 0 Å². The molecule has 1 fully saturated rings. The lowest BCUT2D eigenvalue weighted by Crippen LogP contribution is -2.33. The second-order valence-electron chi connectivity index (χ2n) is 6.51. The van der Waals surface area contributed by atoms with Crippen LogP contribution in [0, 0.1) is 0 Å². The molecular formula is C20H16Cl2F3N3O2S. The van der Waals surface area contributed by atoms with E-state index in [0.717, 1.165) is 30.0 Å². The Kier molecular flexibility index (Phi) is 7.18. The smallest absolute Gasteiger partial charge is 0.325 e. The molecule has 0 bridgehead atoms. The normalized spacial score (nSPS) is 18.0. The van der Waals surface area contributed by atoms with E-state index in [1.165, 1.54) is 4.90 Å². The van der Waals surface area contributed by atoms with Gasteiger partial charge in [0.2, 0.25) is 11.8 Å². The number of amidine groups is 1. The number of aliphatic imine (C=N–C) groups is 1. The number of halogens is 5. The van der Waals surface area contributed by atoms with Gasteiger partial charge in [0, 0.05) is 18.0 Å². The van der Waals surface area contributed by atoms with Crippen LogP contribution in [0.4, 0.5) is 24.5 Å². The third kappa shape index (κ3) is 5.72. The first-order valence-electron chi connectivity index (χ1n) is 9.07. The molecule has 0 spiro atoms. The molecule has 1 N–H and O–H groups in total. The lowest BCUT2D eigenvalue weighted by atomic mass is 10.2. The standard InChI is InChI=1S/C20H16Cl2F3N3O2S/c1-2-28-18(30)16(31-19(28)26-13-5-3-4-12(21)9-13)10-17(29)27-15-8-11(20(23,24)25)6-7-14(15)22/h3-9,16H,2,10H2,1H3,(H,27,29). The molecule has 1 saturated heterocycles. The van der Waals surface area contributed by atoms with Crippen LogP contribution in [-0.2, 0) is 15.8 Å². The zero-order chi connectivity index (χ0) is 22.8. The van der Waals surface area contributed by atoms with Gasteiger partial charge in [-0.05, 0) is 43.3 Å². The summed E-state index contributed by atoms with van der Waals surface area (Å²) in [6.07, 6.45) is -4.82. The number of carbonyl (C=O) groups is 2. The van der Waals surface area contributed by atoms with Gasteiger partial charge < -0.3 is 5.32 Å². The van der Waals surface area contributed by atoms with Gasteiger partial charge in [0.05, 0.1) is 22.0 Å². The highest BCUT2D eigenvalue weighted by molar-refractivity contribution is 8.15. The molecule has 0 saturated carbocycles. The number of thioether (sulfide) groups is 1. The Hall–Kier alpha value is -2.23. The number of carbonyl (C=O) groups excluding carboxylic acids is 2. The van der Waals surface area contributed by atoms with E-state index in [-0.39, 0.29) is 23.0 Å². The summed E-state index contributed by atoms with van der Waals surface area (Å²) < 4.78 is 38.7. The molecule has 31 heavy (non-hydrogen) atoms. The first-order valence-corrected chi connectivity index (χ1v) is 10.7. The second-order valence-corrected chi connectivity index (χ2v) is 8.52. The monoisotopic (exact) mass is 489 g/mol. The first kappa shape index (κ1) is 23.4. The molecule has 5 nitrogen and oxygen atoms in total. The highest BCUT2D eigenvalue weighted by Gasteiger charge is 2.38. The molecule has 1 aliphatic rings. The Bertz CT molecular complexity index is 1050. The van der Waals surface area contributed by atoms with Gasteiger partial charge in [0.25, 0.3) is 0 Å². The van der Waals surface area contributed by atoms with Crippen LogP contribution in [0.15, 0.2) is 47.5 Å². The molecular weight excluding hydrogens is 474 g/mol. The summed E-state index contributed by atoms with van der Waals surface area (Å²) in [6.45, 7) is 2.12. The number of anilines is 1. The summed E-state index contributed by atoms with van der Waals surface area (Å²) in [5.74, 6) is -0.939. The molecule has 2 aromatic rings. The largest absolute Gasteiger partial charge is 0.416 e. The van der Waals surface area contributed by atoms with Gasteiger partial charge >= 0.3 is 6.18 Å². The van der Waals surface area contributed by atoms with E-state index in [2.05, 4.69) is 10.3 Å². The van der Waals surface area contributed by atoms with Crippen molar-refractivity contribution in [3.8, 4) is 0 Å². The Morgan fingerprint density at radius 2 is 1.97 bits per heavy atom. The van der Waals surface area contributed by atoms with Crippen LogP contribution < -0.4 is 5.32 Å². The number of nitrogens with one attached hydrogen (secondary N) is 1. The summed E-state index contributed by atoms with van der Waals surface area (Å²) in [4.78, 5) is 31.0. The maximum atomic E-state index is 12.9. The lowest BCUT2D eigenvalue weighted by molar-refractivity contribution is -0.137. The van der Waals surface area contributed by atoms with Crippen molar-refractivity contribution in [3.63, 3.8) is 0 Å².